The molecule has 340 valence electrons. The van der Waals surface area contributed by atoms with Gasteiger partial charge in [0.15, 0.2) is 0 Å². The van der Waals surface area contributed by atoms with Crippen LogP contribution in [-0.2, 0) is 0 Å². The van der Waals surface area contributed by atoms with Crippen LogP contribution in [0.25, 0.3) is 155 Å². The van der Waals surface area contributed by atoms with E-state index in [4.69, 9.17) is 6.85 Å². The quantitative estimate of drug-likeness (QED) is 0.125. The van der Waals surface area contributed by atoms with Gasteiger partial charge in [-0.2, -0.15) is 5.26 Å². The van der Waals surface area contributed by atoms with E-state index in [1.807, 2.05) is 66.7 Å². The molecule has 6 heteroatoms. The highest BCUT2D eigenvalue weighted by molar-refractivity contribution is 7.27. The van der Waals surface area contributed by atoms with Crippen LogP contribution in [0.1, 0.15) is 12.4 Å². The first-order valence-corrected chi connectivity index (χ1v) is 26.0. The van der Waals surface area contributed by atoms with Gasteiger partial charge in [-0.15, -0.1) is 22.7 Å². The Bertz CT molecular complexity index is 5350. The summed E-state index contributed by atoms with van der Waals surface area (Å²) in [5.74, 6) is 0. The number of thiophene rings is 2. The van der Waals surface area contributed by atoms with Crippen molar-refractivity contribution in [3.8, 4) is 50.8 Å². The number of rotatable bonds is 5. The molecule has 16 rings (SSSR count). The number of nitriles is 1. The molecule has 0 bridgehead atoms. The molecule has 4 nitrogen and oxygen atoms in total. The van der Waals surface area contributed by atoms with Gasteiger partial charge in [-0.05, 0) is 62.0 Å². The molecule has 0 fully saturated rings. The Hall–Kier alpha value is -9.56. The molecule has 0 saturated carbocycles. The Morgan fingerprint density at radius 2 is 0.946 bits per heavy atom. The molecule has 4 heterocycles. The average Bonchev–Trinajstić information content (AvgIpc) is 3.54. The Balaban J connectivity index is 1.18. The van der Waals surface area contributed by atoms with Gasteiger partial charge in [0.25, 0.3) is 0 Å². The molecule has 0 aliphatic carbocycles. The summed E-state index contributed by atoms with van der Waals surface area (Å²) in [7, 11) is 0. The number of benzene rings is 12. The van der Waals surface area contributed by atoms with Crippen LogP contribution in [0.15, 0.2) is 218 Å². The van der Waals surface area contributed by atoms with E-state index < -0.39 is 18.1 Å². The molecular formula is C68H36N4S2. The zero-order valence-corrected chi connectivity index (χ0v) is 40.6. The summed E-state index contributed by atoms with van der Waals surface area (Å²) in [6.07, 6.45) is 0. The van der Waals surface area contributed by atoms with Gasteiger partial charge in [0.2, 0.25) is 5.69 Å². The van der Waals surface area contributed by atoms with E-state index in [1.165, 1.54) is 11.3 Å². The number of hydrogen-bond acceptors (Lipinski definition) is 3. The summed E-state index contributed by atoms with van der Waals surface area (Å²) in [5.41, 5.74) is 9.07. The monoisotopic (exact) mass is 977 g/mol. The van der Waals surface area contributed by atoms with E-state index in [9.17, 15) is 11.8 Å². The fourth-order valence-corrected chi connectivity index (χ4v) is 14.9. The van der Waals surface area contributed by atoms with Gasteiger partial charge in [-0.3, -0.25) is 0 Å². The lowest BCUT2D eigenvalue weighted by Gasteiger charge is -2.26. The standard InChI is InChI=1S/C68H36N4S2/c1-70-61-57(40-20-7-3-8-21-40)53(38-69)62(58(41-22-9-4-10-23-41)65(61)71-54-31-16-28-46-43-24-11-12-25-44(43)47-29-17-32-55(71)60(47)59(46)54)72-63-48(34-36-51-45-26-13-14-33-56(45)73-67(51)63)49-35-37-52-50-30-15-27-42(39-18-5-2-6-19-39)66(50)74-68(52)64(49)72/h2-37H/i2D,5D,6D,18D,19D. The Morgan fingerprint density at radius 3 is 1.58 bits per heavy atom. The average molecular weight is 978 g/mol. The molecule has 16 aromatic rings. The van der Waals surface area contributed by atoms with Crippen molar-refractivity contribution in [2.45, 2.75) is 0 Å². The van der Waals surface area contributed by atoms with Gasteiger partial charge in [-0.1, -0.05) is 200 Å². The minimum Gasteiger partial charge on any atom is -0.318 e. The molecule has 12 aromatic carbocycles. The van der Waals surface area contributed by atoms with Gasteiger partial charge >= 0.3 is 0 Å². The third kappa shape index (κ3) is 5.43. The molecule has 0 amide bonds. The topological polar surface area (TPSA) is 38.0 Å². The molecule has 0 atom stereocenters. The van der Waals surface area contributed by atoms with Crippen molar-refractivity contribution in [1.29, 1.82) is 5.26 Å². The van der Waals surface area contributed by atoms with Crippen molar-refractivity contribution < 1.29 is 6.85 Å². The molecule has 0 saturated heterocycles. The van der Waals surface area contributed by atoms with Gasteiger partial charge in [-0.25, -0.2) is 4.85 Å². The van der Waals surface area contributed by atoms with E-state index in [0.29, 0.717) is 39.3 Å². The van der Waals surface area contributed by atoms with Crippen molar-refractivity contribution in [1.82, 2.24) is 9.13 Å². The van der Waals surface area contributed by atoms with Crippen molar-refractivity contribution in [3.63, 3.8) is 0 Å². The maximum atomic E-state index is 12.3. The smallest absolute Gasteiger partial charge is 0.220 e. The van der Waals surface area contributed by atoms with Crippen LogP contribution in [0.3, 0.4) is 0 Å². The fourth-order valence-electron chi connectivity index (χ4n) is 12.3. The summed E-state index contributed by atoms with van der Waals surface area (Å²) in [6.45, 7) is 9.47. The summed E-state index contributed by atoms with van der Waals surface area (Å²) < 4.78 is 52.6. The molecule has 0 aliphatic heterocycles. The summed E-state index contributed by atoms with van der Waals surface area (Å²) in [6, 6.07) is 65.6. The van der Waals surface area contributed by atoms with Crippen LogP contribution < -0.4 is 0 Å². The van der Waals surface area contributed by atoms with E-state index in [2.05, 4.69) is 141 Å². The fraction of sp³-hybridized carbons (Fsp3) is 0. The van der Waals surface area contributed by atoms with Gasteiger partial charge in [0, 0.05) is 63.6 Å². The molecule has 74 heavy (non-hydrogen) atoms. The number of nitrogens with zero attached hydrogens (tertiary/aromatic N) is 4. The lowest BCUT2D eigenvalue weighted by atomic mass is 9.88. The first kappa shape index (κ1) is 36.4. The zero-order chi connectivity index (χ0) is 53.1. The predicted octanol–water partition coefficient (Wildman–Crippen LogP) is 19.8. The highest BCUT2D eigenvalue weighted by atomic mass is 32.1. The van der Waals surface area contributed by atoms with E-state index in [0.717, 1.165) is 117 Å². The largest absolute Gasteiger partial charge is 0.318 e. The maximum absolute atomic E-state index is 12.3. The zero-order valence-electron chi connectivity index (χ0n) is 44.0. The SMILES string of the molecule is [2H]c1c([2H])c([2H])c(-c2cccc3c2sc2c3ccc3c4ccc5c6ccccc6sc5c4n(-c4c(C#N)c(-c5ccccc5)c([N+]#[C-])c(-n5c6cccc7c8ccccc8c8cccc5c8c76)c4-c4ccccc4)c32)c([2H])c1[2H]. The number of aromatic nitrogens is 2. The Morgan fingerprint density at radius 1 is 0.432 bits per heavy atom. The molecule has 4 aromatic heterocycles. The third-order valence-corrected chi connectivity index (χ3v) is 17.7. The summed E-state index contributed by atoms with van der Waals surface area (Å²) in [5, 5.41) is 25.0. The third-order valence-electron chi connectivity index (χ3n) is 15.2. The van der Waals surface area contributed by atoms with E-state index in [-0.39, 0.29) is 17.6 Å². The lowest BCUT2D eigenvalue weighted by molar-refractivity contribution is 1.14. The van der Waals surface area contributed by atoms with Crippen molar-refractivity contribution in [3.05, 3.63) is 235 Å². The normalized spacial score (nSPS) is 13.0. The second-order valence-electron chi connectivity index (χ2n) is 18.8. The Kier molecular flexibility index (Phi) is 7.60. The summed E-state index contributed by atoms with van der Waals surface area (Å²) >= 11 is 3.24. The molecule has 0 radical (unpaired) electrons. The van der Waals surface area contributed by atoms with Crippen LogP contribution in [0, 0.1) is 17.9 Å². The van der Waals surface area contributed by atoms with Gasteiger partial charge < -0.3 is 9.13 Å². The van der Waals surface area contributed by atoms with E-state index >= 15 is 0 Å². The highest BCUT2D eigenvalue weighted by Crippen LogP contribution is 2.56. The van der Waals surface area contributed by atoms with Crippen molar-refractivity contribution in [2.75, 3.05) is 0 Å². The van der Waals surface area contributed by atoms with Crippen LogP contribution in [-0.4, -0.2) is 9.13 Å². The predicted molar refractivity (Wildman–Crippen MR) is 314 cm³/mol. The first-order valence-electron chi connectivity index (χ1n) is 26.9. The van der Waals surface area contributed by atoms with Crippen molar-refractivity contribution >= 4 is 134 Å². The van der Waals surface area contributed by atoms with Gasteiger partial charge in [0.1, 0.15) is 6.07 Å². The molecule has 0 spiro atoms. The van der Waals surface area contributed by atoms with Crippen LogP contribution >= 0.6 is 22.7 Å². The van der Waals surface area contributed by atoms with Crippen LogP contribution in [0.5, 0.6) is 0 Å². The minimum atomic E-state index is -0.443. The molecule has 0 N–H and O–H groups in total. The second kappa shape index (κ2) is 15.5. The van der Waals surface area contributed by atoms with Crippen LogP contribution in [0.4, 0.5) is 5.69 Å². The lowest BCUT2D eigenvalue weighted by Crippen LogP contribution is -2.09. The van der Waals surface area contributed by atoms with E-state index in [1.54, 1.807) is 11.3 Å². The maximum Gasteiger partial charge on any atom is 0.220 e. The first-order chi connectivity index (χ1) is 38.8. The van der Waals surface area contributed by atoms with Crippen LogP contribution in [0.2, 0.25) is 0 Å². The minimum absolute atomic E-state index is 0.140. The number of hydrogen-bond donors (Lipinski definition) is 0. The number of fused-ring (bicyclic) bond motifs is 14. The van der Waals surface area contributed by atoms with Gasteiger partial charge in [0.05, 0.1) is 61.8 Å². The molecule has 0 aliphatic rings. The molecular weight excluding hydrogens is 937 g/mol. The highest BCUT2D eigenvalue weighted by Gasteiger charge is 2.33. The second-order valence-corrected chi connectivity index (χ2v) is 20.9. The Labute approximate surface area is 438 Å². The van der Waals surface area contributed by atoms with Crippen molar-refractivity contribution in [2.24, 2.45) is 0 Å². The summed E-state index contributed by atoms with van der Waals surface area (Å²) in [4.78, 5) is 4.59. The molecule has 0 unspecified atom stereocenters.